The molecule has 7 heteroatoms. The Morgan fingerprint density at radius 2 is 1.74 bits per heavy atom. The van der Waals surface area contributed by atoms with Crippen molar-refractivity contribution in [2.45, 2.75) is 45.3 Å². The van der Waals surface area contributed by atoms with Gasteiger partial charge in [0.25, 0.3) is 0 Å². The van der Waals surface area contributed by atoms with E-state index in [0.29, 0.717) is 13.0 Å². The first kappa shape index (κ1) is 22.3. The van der Waals surface area contributed by atoms with Crippen LogP contribution >= 0.6 is 0 Å². The summed E-state index contributed by atoms with van der Waals surface area (Å²) < 4.78 is 7.22. The molecule has 0 aliphatic heterocycles. The summed E-state index contributed by atoms with van der Waals surface area (Å²) in [6, 6.07) is 17.3. The van der Waals surface area contributed by atoms with E-state index in [1.54, 1.807) is 0 Å². The van der Waals surface area contributed by atoms with Gasteiger partial charge >= 0.3 is 6.09 Å². The maximum Gasteiger partial charge on any atom is 0.407 e. The van der Waals surface area contributed by atoms with E-state index in [-0.39, 0.29) is 18.4 Å². The Balaban J connectivity index is 1.66. The second kappa shape index (κ2) is 9.64. The normalized spacial score (nSPS) is 12.4. The third-order valence-corrected chi connectivity index (χ3v) is 4.77. The average Bonchev–Trinajstić information content (AvgIpc) is 3.05. The molecule has 0 aliphatic rings. The minimum Gasteiger partial charge on any atom is -0.444 e. The average molecular weight is 423 g/mol. The lowest BCUT2D eigenvalue weighted by Gasteiger charge is -2.20. The maximum atomic E-state index is 12.7. The molecule has 0 saturated heterocycles. The van der Waals surface area contributed by atoms with Crippen molar-refractivity contribution in [3.63, 3.8) is 0 Å². The van der Waals surface area contributed by atoms with Gasteiger partial charge < -0.3 is 19.9 Å². The van der Waals surface area contributed by atoms with Gasteiger partial charge in [-0.2, -0.15) is 0 Å². The fourth-order valence-electron chi connectivity index (χ4n) is 3.35. The molecular weight excluding hydrogens is 392 g/mol. The Kier molecular flexibility index (Phi) is 6.95. The first-order valence-electron chi connectivity index (χ1n) is 10.5. The number of hydrogen-bond donors (Lipinski definition) is 2. The molecule has 1 aromatic heterocycles. The van der Waals surface area contributed by atoms with Gasteiger partial charge in [0.2, 0.25) is 5.91 Å². The monoisotopic (exact) mass is 422 g/mol. The number of benzene rings is 2. The largest absolute Gasteiger partial charge is 0.444 e. The zero-order valence-corrected chi connectivity index (χ0v) is 18.5. The number of rotatable bonds is 7. The summed E-state index contributed by atoms with van der Waals surface area (Å²) in [7, 11) is 1.96. The van der Waals surface area contributed by atoms with Gasteiger partial charge in [0.15, 0.2) is 0 Å². The number of nitrogens with one attached hydrogen (secondary N) is 2. The van der Waals surface area contributed by atoms with E-state index >= 15 is 0 Å². The molecule has 2 N–H and O–H groups in total. The third-order valence-electron chi connectivity index (χ3n) is 4.77. The quantitative estimate of drug-likeness (QED) is 0.562. The second-order valence-corrected chi connectivity index (χ2v) is 8.46. The molecule has 1 atom stereocenters. The number of hydrogen-bond acceptors (Lipinski definition) is 4. The highest BCUT2D eigenvalue weighted by atomic mass is 16.6. The molecule has 0 saturated carbocycles. The van der Waals surface area contributed by atoms with Crippen LogP contribution in [0.4, 0.5) is 4.79 Å². The minimum atomic E-state index is -0.546. The molecule has 0 radical (unpaired) electrons. The highest BCUT2D eigenvalue weighted by molar-refractivity contribution is 5.78. The van der Waals surface area contributed by atoms with Crippen molar-refractivity contribution >= 4 is 23.0 Å². The van der Waals surface area contributed by atoms with Crippen LogP contribution in [0.5, 0.6) is 0 Å². The van der Waals surface area contributed by atoms with Gasteiger partial charge in [0.05, 0.1) is 11.0 Å². The van der Waals surface area contributed by atoms with E-state index in [2.05, 4.69) is 10.6 Å². The van der Waals surface area contributed by atoms with Crippen molar-refractivity contribution in [1.82, 2.24) is 20.2 Å². The molecule has 2 amide bonds. The van der Waals surface area contributed by atoms with Crippen LogP contribution in [0, 0.1) is 0 Å². The van der Waals surface area contributed by atoms with E-state index in [1.807, 2.05) is 87.0 Å². The molecule has 31 heavy (non-hydrogen) atoms. The smallest absolute Gasteiger partial charge is 0.407 e. The topological polar surface area (TPSA) is 85.2 Å². The van der Waals surface area contributed by atoms with Gasteiger partial charge in [0, 0.05) is 20.0 Å². The summed E-state index contributed by atoms with van der Waals surface area (Å²) in [5.41, 5.74) is 2.31. The Bertz CT molecular complexity index is 1040. The van der Waals surface area contributed by atoms with Crippen molar-refractivity contribution in [1.29, 1.82) is 0 Å². The Morgan fingerprint density at radius 1 is 1.06 bits per heavy atom. The van der Waals surface area contributed by atoms with Gasteiger partial charge in [-0.1, -0.05) is 42.5 Å². The van der Waals surface area contributed by atoms with Gasteiger partial charge in [-0.05, 0) is 44.9 Å². The number of ether oxygens (including phenoxy) is 1. The van der Waals surface area contributed by atoms with Crippen LogP contribution in [0.15, 0.2) is 54.6 Å². The second-order valence-electron chi connectivity index (χ2n) is 8.46. The van der Waals surface area contributed by atoms with E-state index in [1.165, 1.54) is 0 Å². The number of aromatic nitrogens is 2. The lowest BCUT2D eigenvalue weighted by atomic mass is 10.1. The maximum absolute atomic E-state index is 12.7. The van der Waals surface area contributed by atoms with Crippen molar-refractivity contribution in [3.05, 3.63) is 66.0 Å². The number of carbonyl (C=O) groups is 2. The van der Waals surface area contributed by atoms with Crippen molar-refractivity contribution in [3.8, 4) is 0 Å². The van der Waals surface area contributed by atoms with E-state index < -0.39 is 11.7 Å². The summed E-state index contributed by atoms with van der Waals surface area (Å²) in [6.45, 7) is 5.80. The number of alkyl carbamates (subject to hydrolysis) is 1. The highest BCUT2D eigenvalue weighted by Gasteiger charge is 2.22. The van der Waals surface area contributed by atoms with Gasteiger partial charge in [0.1, 0.15) is 17.5 Å². The highest BCUT2D eigenvalue weighted by Crippen LogP contribution is 2.25. The van der Waals surface area contributed by atoms with Gasteiger partial charge in [-0.3, -0.25) is 4.79 Å². The lowest BCUT2D eigenvalue weighted by Crippen LogP contribution is -2.34. The molecule has 1 heterocycles. The number of nitrogens with zero attached hydrogens (tertiary/aromatic N) is 2. The van der Waals surface area contributed by atoms with Gasteiger partial charge in [-0.15, -0.1) is 0 Å². The molecule has 2 aromatic carbocycles. The summed E-state index contributed by atoms with van der Waals surface area (Å²) in [5.74, 6) is 0.666. The predicted octanol–water partition coefficient (Wildman–Crippen LogP) is 4.08. The SMILES string of the molecule is Cn1c(C(NC(=O)CCCNC(=O)OC(C)(C)C)c2ccccc2)nc2ccccc21. The number of aryl methyl sites for hydroxylation is 1. The number of carbonyl (C=O) groups excluding carboxylic acids is 2. The summed E-state index contributed by atoms with van der Waals surface area (Å²) in [4.78, 5) is 29.2. The molecule has 164 valence electrons. The van der Waals surface area contributed by atoms with Crippen molar-refractivity contribution < 1.29 is 14.3 Å². The first-order valence-corrected chi connectivity index (χ1v) is 10.5. The molecule has 7 nitrogen and oxygen atoms in total. The fraction of sp³-hybridized carbons (Fsp3) is 0.375. The number of para-hydroxylation sites is 2. The summed E-state index contributed by atoms with van der Waals surface area (Å²) in [5, 5.41) is 5.79. The molecule has 3 rings (SSSR count). The molecule has 3 aromatic rings. The standard InChI is InChI=1S/C24H30N4O3/c1-24(2,3)31-23(30)25-16-10-15-20(29)27-21(17-11-6-5-7-12-17)22-26-18-13-8-9-14-19(18)28(22)4/h5-9,11-14,21H,10,15-16H2,1-4H3,(H,25,30)(H,27,29). The Labute approximate surface area is 182 Å². The molecule has 0 fully saturated rings. The molecule has 0 bridgehead atoms. The van der Waals surface area contributed by atoms with Crippen LogP contribution in [0.1, 0.15) is 51.0 Å². The Hall–Kier alpha value is -3.35. The molecule has 0 spiro atoms. The van der Waals surface area contributed by atoms with Crippen molar-refractivity contribution in [2.24, 2.45) is 7.05 Å². The van der Waals surface area contributed by atoms with Crippen LogP contribution in [0.25, 0.3) is 11.0 Å². The van der Waals surface area contributed by atoms with Crippen LogP contribution in [-0.2, 0) is 16.6 Å². The minimum absolute atomic E-state index is 0.105. The molecule has 1 unspecified atom stereocenters. The predicted molar refractivity (Wildman–Crippen MR) is 121 cm³/mol. The zero-order valence-electron chi connectivity index (χ0n) is 18.5. The van der Waals surface area contributed by atoms with Gasteiger partial charge in [-0.25, -0.2) is 9.78 Å². The van der Waals surface area contributed by atoms with E-state index in [0.717, 1.165) is 22.4 Å². The number of imidazole rings is 1. The molecule has 0 aliphatic carbocycles. The van der Waals surface area contributed by atoms with Crippen LogP contribution in [-0.4, -0.2) is 33.7 Å². The van der Waals surface area contributed by atoms with E-state index in [4.69, 9.17) is 9.72 Å². The zero-order chi connectivity index (χ0) is 22.4. The Morgan fingerprint density at radius 3 is 2.42 bits per heavy atom. The first-order chi connectivity index (χ1) is 14.7. The van der Waals surface area contributed by atoms with Crippen LogP contribution in [0.2, 0.25) is 0 Å². The number of amides is 2. The summed E-state index contributed by atoms with van der Waals surface area (Å²) in [6.07, 6.45) is 0.313. The third kappa shape index (κ3) is 6.07. The fourth-order valence-corrected chi connectivity index (χ4v) is 3.35. The number of fused-ring (bicyclic) bond motifs is 1. The molecular formula is C24H30N4O3. The van der Waals surface area contributed by atoms with Crippen LogP contribution in [0.3, 0.4) is 0 Å². The lowest BCUT2D eigenvalue weighted by molar-refractivity contribution is -0.121. The van der Waals surface area contributed by atoms with Crippen LogP contribution < -0.4 is 10.6 Å². The summed E-state index contributed by atoms with van der Waals surface area (Å²) >= 11 is 0. The van der Waals surface area contributed by atoms with E-state index in [9.17, 15) is 9.59 Å². The van der Waals surface area contributed by atoms with Crippen molar-refractivity contribution in [2.75, 3.05) is 6.54 Å².